The Kier molecular flexibility index (Phi) is 7.90. The van der Waals surface area contributed by atoms with Crippen molar-refractivity contribution >= 4 is 11.9 Å². The van der Waals surface area contributed by atoms with Crippen molar-refractivity contribution in [2.45, 2.75) is 13.3 Å². The smallest absolute Gasteiger partial charge is 0.319 e. The first kappa shape index (κ1) is 14.5. The third kappa shape index (κ3) is 6.85. The zero-order valence-electron chi connectivity index (χ0n) is 9.78. The molecule has 0 saturated heterocycles. The van der Waals surface area contributed by atoms with Crippen LogP contribution >= 0.6 is 0 Å². The lowest BCUT2D eigenvalue weighted by atomic mass is 10.3. The fourth-order valence-electron chi connectivity index (χ4n) is 1.19. The average molecular weight is 226 g/mol. The summed E-state index contributed by atoms with van der Waals surface area (Å²) in [6.45, 7) is 3.12. The number of hydrogen-bond acceptors (Lipinski definition) is 4. The number of carbonyl (C=O) groups excluding carboxylic acids is 2. The number of carbonyl (C=O) groups is 2. The summed E-state index contributed by atoms with van der Waals surface area (Å²) in [5.74, 6) is 1.78. The van der Waals surface area contributed by atoms with Crippen LogP contribution < -0.4 is 5.32 Å². The fraction of sp³-hybridized carbons (Fsp3) is 0.636. The molecule has 0 aliphatic rings. The molecule has 5 nitrogen and oxygen atoms in total. The predicted molar refractivity (Wildman–Crippen MR) is 60.6 cm³/mol. The molecule has 1 amide bonds. The van der Waals surface area contributed by atoms with Gasteiger partial charge in [-0.1, -0.05) is 12.8 Å². The van der Waals surface area contributed by atoms with Crippen LogP contribution in [-0.4, -0.2) is 50.1 Å². The molecule has 0 aliphatic carbocycles. The van der Waals surface area contributed by atoms with Crippen LogP contribution in [0.3, 0.4) is 0 Å². The number of methoxy groups -OCH3 is 1. The minimum Gasteiger partial charge on any atom is -0.468 e. The second-order valence-electron chi connectivity index (χ2n) is 3.27. The van der Waals surface area contributed by atoms with Gasteiger partial charge in [0.25, 0.3) is 0 Å². The van der Waals surface area contributed by atoms with Crippen LogP contribution in [0, 0.1) is 12.3 Å². The number of terminal acetylenes is 1. The lowest BCUT2D eigenvalue weighted by molar-refractivity contribution is -0.142. The Morgan fingerprint density at radius 2 is 2.12 bits per heavy atom. The third-order valence-electron chi connectivity index (χ3n) is 1.88. The van der Waals surface area contributed by atoms with Crippen molar-refractivity contribution in [2.24, 2.45) is 0 Å². The van der Waals surface area contributed by atoms with Gasteiger partial charge in [0.15, 0.2) is 0 Å². The first-order chi connectivity index (χ1) is 7.63. The topological polar surface area (TPSA) is 58.6 Å². The molecule has 0 radical (unpaired) electrons. The molecular weight excluding hydrogens is 208 g/mol. The first-order valence-electron chi connectivity index (χ1n) is 5.13. The Morgan fingerprint density at radius 1 is 1.44 bits per heavy atom. The van der Waals surface area contributed by atoms with Gasteiger partial charge in [0, 0.05) is 0 Å². The van der Waals surface area contributed by atoms with Gasteiger partial charge >= 0.3 is 5.97 Å². The Hall–Kier alpha value is -1.54. The SMILES string of the molecule is C#CCNC(=O)CN(CCC)CC(=O)OC. The summed E-state index contributed by atoms with van der Waals surface area (Å²) >= 11 is 0. The van der Waals surface area contributed by atoms with E-state index >= 15 is 0 Å². The van der Waals surface area contributed by atoms with Crippen molar-refractivity contribution in [3.63, 3.8) is 0 Å². The van der Waals surface area contributed by atoms with Gasteiger partial charge < -0.3 is 10.1 Å². The van der Waals surface area contributed by atoms with Gasteiger partial charge in [-0.25, -0.2) is 0 Å². The van der Waals surface area contributed by atoms with Gasteiger partial charge in [-0.05, 0) is 13.0 Å². The summed E-state index contributed by atoms with van der Waals surface area (Å²) in [6, 6.07) is 0. The number of nitrogens with zero attached hydrogens (tertiary/aromatic N) is 1. The van der Waals surface area contributed by atoms with Gasteiger partial charge in [0.05, 0.1) is 26.7 Å². The monoisotopic (exact) mass is 226 g/mol. The molecule has 0 heterocycles. The fourth-order valence-corrected chi connectivity index (χ4v) is 1.19. The van der Waals surface area contributed by atoms with Crippen LogP contribution in [0.1, 0.15) is 13.3 Å². The summed E-state index contributed by atoms with van der Waals surface area (Å²) in [4.78, 5) is 24.1. The van der Waals surface area contributed by atoms with Crippen molar-refractivity contribution in [1.29, 1.82) is 0 Å². The highest BCUT2D eigenvalue weighted by Gasteiger charge is 2.13. The van der Waals surface area contributed by atoms with Crippen molar-refractivity contribution in [3.8, 4) is 12.3 Å². The van der Waals surface area contributed by atoms with E-state index in [1.807, 2.05) is 6.92 Å². The molecule has 0 unspecified atom stereocenters. The van der Waals surface area contributed by atoms with Crippen LogP contribution in [0.2, 0.25) is 0 Å². The van der Waals surface area contributed by atoms with Crippen LogP contribution in [0.4, 0.5) is 0 Å². The second kappa shape index (κ2) is 8.74. The van der Waals surface area contributed by atoms with Crippen molar-refractivity contribution in [2.75, 3.05) is 33.3 Å². The summed E-state index contributed by atoms with van der Waals surface area (Å²) in [5, 5.41) is 2.54. The quantitative estimate of drug-likeness (QED) is 0.475. The van der Waals surface area contributed by atoms with E-state index in [2.05, 4.69) is 16.0 Å². The van der Waals surface area contributed by atoms with E-state index in [1.165, 1.54) is 7.11 Å². The predicted octanol–water partition coefficient (Wildman–Crippen LogP) is -0.379. The summed E-state index contributed by atoms with van der Waals surface area (Å²) in [5.41, 5.74) is 0. The summed E-state index contributed by atoms with van der Waals surface area (Å²) in [6.07, 6.45) is 5.88. The van der Waals surface area contributed by atoms with E-state index in [4.69, 9.17) is 6.42 Å². The lowest BCUT2D eigenvalue weighted by Gasteiger charge is -2.19. The zero-order chi connectivity index (χ0) is 12.4. The van der Waals surface area contributed by atoms with Crippen LogP contribution in [0.5, 0.6) is 0 Å². The molecule has 5 heteroatoms. The third-order valence-corrected chi connectivity index (χ3v) is 1.88. The number of hydrogen-bond donors (Lipinski definition) is 1. The lowest BCUT2D eigenvalue weighted by Crippen LogP contribution is -2.40. The largest absolute Gasteiger partial charge is 0.468 e. The number of rotatable bonds is 7. The van der Waals surface area contributed by atoms with Gasteiger partial charge in [-0.15, -0.1) is 6.42 Å². The average Bonchev–Trinajstić information content (AvgIpc) is 2.26. The molecule has 0 aromatic carbocycles. The molecule has 0 rings (SSSR count). The van der Waals surface area contributed by atoms with E-state index in [0.717, 1.165) is 6.42 Å². The molecule has 0 saturated carbocycles. The standard InChI is InChI=1S/C11H18N2O3/c1-4-6-12-10(14)8-13(7-5-2)9-11(15)16-3/h1H,5-9H2,2-3H3,(H,12,14). The maximum Gasteiger partial charge on any atom is 0.319 e. The molecule has 0 aliphatic heterocycles. The zero-order valence-corrected chi connectivity index (χ0v) is 9.78. The van der Waals surface area contributed by atoms with Gasteiger partial charge in [0.2, 0.25) is 5.91 Å². The van der Waals surface area contributed by atoms with Gasteiger partial charge in [-0.2, -0.15) is 0 Å². The van der Waals surface area contributed by atoms with Crippen molar-refractivity contribution in [1.82, 2.24) is 10.2 Å². The molecule has 0 fully saturated rings. The first-order valence-corrected chi connectivity index (χ1v) is 5.13. The molecule has 0 bridgehead atoms. The highest BCUT2D eigenvalue weighted by molar-refractivity contribution is 5.79. The number of ether oxygens (including phenoxy) is 1. The molecule has 16 heavy (non-hydrogen) atoms. The van der Waals surface area contributed by atoms with Crippen LogP contribution in [0.15, 0.2) is 0 Å². The van der Waals surface area contributed by atoms with Gasteiger partial charge in [-0.3, -0.25) is 14.5 Å². The maximum atomic E-state index is 11.4. The maximum absolute atomic E-state index is 11.4. The number of amides is 1. The van der Waals surface area contributed by atoms with Crippen LogP contribution in [-0.2, 0) is 14.3 Å². The van der Waals surface area contributed by atoms with Crippen molar-refractivity contribution in [3.05, 3.63) is 0 Å². The van der Waals surface area contributed by atoms with E-state index in [-0.39, 0.29) is 31.5 Å². The van der Waals surface area contributed by atoms with E-state index < -0.39 is 0 Å². The summed E-state index contributed by atoms with van der Waals surface area (Å²) in [7, 11) is 1.32. The van der Waals surface area contributed by atoms with E-state index in [1.54, 1.807) is 4.90 Å². The Labute approximate surface area is 96.1 Å². The molecule has 0 aromatic rings. The molecular formula is C11H18N2O3. The molecule has 0 spiro atoms. The van der Waals surface area contributed by atoms with E-state index in [0.29, 0.717) is 6.54 Å². The minimum absolute atomic E-state index is 0.119. The Bertz CT molecular complexity index is 271. The molecule has 1 N–H and O–H groups in total. The highest BCUT2D eigenvalue weighted by Crippen LogP contribution is 1.92. The normalized spacial score (nSPS) is 9.62. The highest BCUT2D eigenvalue weighted by atomic mass is 16.5. The summed E-state index contributed by atoms with van der Waals surface area (Å²) < 4.78 is 4.55. The van der Waals surface area contributed by atoms with Crippen molar-refractivity contribution < 1.29 is 14.3 Å². The number of nitrogens with one attached hydrogen (secondary N) is 1. The second-order valence-corrected chi connectivity index (χ2v) is 3.27. The Balaban J connectivity index is 4.06. The van der Waals surface area contributed by atoms with E-state index in [9.17, 15) is 9.59 Å². The minimum atomic E-state index is -0.349. The molecule has 90 valence electrons. The molecule has 0 atom stereocenters. The number of esters is 1. The van der Waals surface area contributed by atoms with Crippen LogP contribution in [0.25, 0.3) is 0 Å². The Morgan fingerprint density at radius 3 is 2.62 bits per heavy atom. The van der Waals surface area contributed by atoms with Gasteiger partial charge in [0.1, 0.15) is 0 Å². The molecule has 0 aromatic heterocycles.